The fraction of sp³-hybridized carbons (Fsp3) is 0.684. The summed E-state index contributed by atoms with van der Waals surface area (Å²) in [4.78, 5) is 37.6. The van der Waals surface area contributed by atoms with E-state index in [1.807, 2.05) is 4.90 Å². The van der Waals surface area contributed by atoms with Gasteiger partial charge in [-0.15, -0.1) is 0 Å². The number of carbonyl (C=O) groups is 2. The predicted molar refractivity (Wildman–Crippen MR) is 97.5 cm³/mol. The van der Waals surface area contributed by atoms with E-state index in [9.17, 15) is 9.59 Å². The molecule has 0 spiro atoms. The van der Waals surface area contributed by atoms with Crippen LogP contribution in [-0.4, -0.2) is 58.4 Å². The average molecular weight is 357 g/mol. The number of carbonyl (C=O) groups excluding carboxylic acids is 2. The molecule has 0 aromatic carbocycles. The summed E-state index contributed by atoms with van der Waals surface area (Å²) in [6.45, 7) is 2.33. The second-order valence-electron chi connectivity index (χ2n) is 7.72. The maximum Gasteiger partial charge on any atom is 0.225 e. The number of nitrogens with zero attached hydrogens (tertiary/aromatic N) is 4. The van der Waals surface area contributed by atoms with Crippen LogP contribution in [0.15, 0.2) is 18.6 Å². The lowest BCUT2D eigenvalue weighted by atomic mass is 10.0. The third kappa shape index (κ3) is 3.66. The van der Waals surface area contributed by atoms with Crippen molar-refractivity contribution in [1.29, 1.82) is 0 Å². The fourth-order valence-electron chi connectivity index (χ4n) is 4.50. The van der Waals surface area contributed by atoms with Crippen LogP contribution in [0, 0.1) is 5.92 Å². The second-order valence-corrected chi connectivity index (χ2v) is 7.72. The lowest BCUT2D eigenvalue weighted by molar-refractivity contribution is -0.130. The molecule has 0 radical (unpaired) electrons. The highest BCUT2D eigenvalue weighted by molar-refractivity contribution is 5.89. The maximum atomic E-state index is 12.6. The van der Waals surface area contributed by atoms with E-state index in [0.717, 1.165) is 44.6 Å². The van der Waals surface area contributed by atoms with Gasteiger partial charge in [-0.2, -0.15) is 0 Å². The summed E-state index contributed by atoms with van der Waals surface area (Å²) in [5.41, 5.74) is 0. The minimum absolute atomic E-state index is 0.0526. The number of anilines is 1. The Balaban J connectivity index is 1.26. The first-order valence-electron chi connectivity index (χ1n) is 9.81. The highest BCUT2D eigenvalue weighted by atomic mass is 16.2. The lowest BCUT2D eigenvalue weighted by Gasteiger charge is -2.33. The number of nitrogens with one attached hydrogen (secondary N) is 1. The summed E-state index contributed by atoms with van der Waals surface area (Å²) in [6.07, 6.45) is 11.9. The summed E-state index contributed by atoms with van der Waals surface area (Å²) in [5, 5.41) is 3.18. The van der Waals surface area contributed by atoms with Crippen molar-refractivity contribution in [2.24, 2.45) is 5.92 Å². The largest absolute Gasteiger partial charge is 0.355 e. The van der Waals surface area contributed by atoms with Crippen molar-refractivity contribution in [1.82, 2.24) is 20.2 Å². The van der Waals surface area contributed by atoms with E-state index in [1.165, 1.54) is 12.8 Å². The van der Waals surface area contributed by atoms with Gasteiger partial charge in [0.05, 0.1) is 12.1 Å². The molecule has 2 saturated heterocycles. The van der Waals surface area contributed by atoms with Crippen molar-refractivity contribution < 1.29 is 9.59 Å². The third-order valence-corrected chi connectivity index (χ3v) is 6.01. The summed E-state index contributed by atoms with van der Waals surface area (Å²) in [5.74, 6) is 0.929. The van der Waals surface area contributed by atoms with E-state index in [-0.39, 0.29) is 23.8 Å². The zero-order valence-electron chi connectivity index (χ0n) is 15.1. The number of hydrogen-bond acceptors (Lipinski definition) is 5. The van der Waals surface area contributed by atoms with Gasteiger partial charge < -0.3 is 15.1 Å². The Labute approximate surface area is 154 Å². The monoisotopic (exact) mass is 357 g/mol. The van der Waals surface area contributed by atoms with Crippen LogP contribution in [0.1, 0.15) is 44.9 Å². The van der Waals surface area contributed by atoms with Gasteiger partial charge in [0.15, 0.2) is 0 Å². The Kier molecular flexibility index (Phi) is 5.04. The molecule has 7 nitrogen and oxygen atoms in total. The highest BCUT2D eigenvalue weighted by Crippen LogP contribution is 2.29. The number of likely N-dealkylation sites (tertiary alicyclic amines) is 1. The van der Waals surface area contributed by atoms with Crippen LogP contribution in [-0.2, 0) is 9.59 Å². The van der Waals surface area contributed by atoms with Crippen molar-refractivity contribution in [2.75, 3.05) is 24.5 Å². The van der Waals surface area contributed by atoms with Crippen molar-refractivity contribution in [3.8, 4) is 0 Å². The van der Waals surface area contributed by atoms with Gasteiger partial charge in [0.25, 0.3) is 0 Å². The first-order valence-corrected chi connectivity index (χ1v) is 9.81. The van der Waals surface area contributed by atoms with Gasteiger partial charge in [-0.3, -0.25) is 14.6 Å². The molecule has 2 amide bonds. The Morgan fingerprint density at radius 1 is 1.12 bits per heavy atom. The average Bonchev–Trinajstić information content (AvgIpc) is 3.32. The Morgan fingerprint density at radius 3 is 2.58 bits per heavy atom. The third-order valence-electron chi connectivity index (χ3n) is 6.01. The van der Waals surface area contributed by atoms with E-state index in [2.05, 4.69) is 20.2 Å². The fourth-order valence-corrected chi connectivity index (χ4v) is 4.50. The molecule has 7 heteroatoms. The first-order chi connectivity index (χ1) is 12.7. The van der Waals surface area contributed by atoms with Crippen molar-refractivity contribution in [2.45, 2.75) is 57.0 Å². The minimum atomic E-state index is -0.180. The Hall–Kier alpha value is -2.18. The molecule has 3 aliphatic rings. The van der Waals surface area contributed by atoms with Gasteiger partial charge >= 0.3 is 0 Å². The Bertz CT molecular complexity index is 639. The van der Waals surface area contributed by atoms with Crippen LogP contribution in [0.4, 0.5) is 5.82 Å². The smallest absolute Gasteiger partial charge is 0.225 e. The van der Waals surface area contributed by atoms with E-state index in [0.29, 0.717) is 19.0 Å². The summed E-state index contributed by atoms with van der Waals surface area (Å²) >= 11 is 0. The zero-order valence-corrected chi connectivity index (χ0v) is 15.1. The van der Waals surface area contributed by atoms with Gasteiger partial charge in [0.2, 0.25) is 11.8 Å². The summed E-state index contributed by atoms with van der Waals surface area (Å²) < 4.78 is 0. The summed E-state index contributed by atoms with van der Waals surface area (Å²) in [6, 6.07) is 0.557. The van der Waals surface area contributed by atoms with Gasteiger partial charge in [-0.25, -0.2) is 4.98 Å². The van der Waals surface area contributed by atoms with Gasteiger partial charge in [0, 0.05) is 50.5 Å². The molecule has 3 fully saturated rings. The molecule has 1 aliphatic carbocycles. The molecule has 140 valence electrons. The molecule has 3 heterocycles. The topological polar surface area (TPSA) is 78.4 Å². The van der Waals surface area contributed by atoms with Gasteiger partial charge in [-0.1, -0.05) is 12.8 Å². The first kappa shape index (κ1) is 17.2. The van der Waals surface area contributed by atoms with E-state index < -0.39 is 0 Å². The molecule has 0 unspecified atom stereocenters. The van der Waals surface area contributed by atoms with Crippen molar-refractivity contribution in [3.05, 3.63) is 18.6 Å². The van der Waals surface area contributed by atoms with E-state index in [1.54, 1.807) is 18.6 Å². The molecule has 2 aliphatic heterocycles. The number of hydrogen-bond donors (Lipinski definition) is 1. The second kappa shape index (κ2) is 7.60. The summed E-state index contributed by atoms with van der Waals surface area (Å²) in [7, 11) is 0. The number of rotatable bonds is 4. The van der Waals surface area contributed by atoms with Crippen LogP contribution < -0.4 is 10.2 Å². The molecule has 1 atom stereocenters. The van der Waals surface area contributed by atoms with Gasteiger partial charge in [0.1, 0.15) is 5.82 Å². The molecule has 1 aromatic heterocycles. The molecule has 1 saturated carbocycles. The van der Waals surface area contributed by atoms with Gasteiger partial charge in [-0.05, 0) is 25.7 Å². The van der Waals surface area contributed by atoms with Crippen molar-refractivity contribution in [3.63, 3.8) is 0 Å². The van der Waals surface area contributed by atoms with E-state index >= 15 is 0 Å². The number of aromatic nitrogens is 2. The lowest BCUT2D eigenvalue weighted by Crippen LogP contribution is -2.47. The van der Waals surface area contributed by atoms with E-state index in [4.69, 9.17) is 0 Å². The number of amides is 2. The predicted octanol–water partition coefficient (Wildman–Crippen LogP) is 1.35. The van der Waals surface area contributed by atoms with Crippen LogP contribution in [0.25, 0.3) is 0 Å². The van der Waals surface area contributed by atoms with Crippen LogP contribution in [0.5, 0.6) is 0 Å². The van der Waals surface area contributed by atoms with Crippen molar-refractivity contribution >= 4 is 17.6 Å². The van der Waals surface area contributed by atoms with Crippen LogP contribution in [0.2, 0.25) is 0 Å². The van der Waals surface area contributed by atoms with Crippen LogP contribution in [0.3, 0.4) is 0 Å². The molecule has 1 aromatic rings. The standard InChI is InChI=1S/C19H27N5O2/c25-18-11-14(13-24(18)16-3-1-2-4-16)19(26)22-15-5-9-23(10-6-15)17-12-20-7-8-21-17/h7-8,12,14-16H,1-6,9-11,13H2,(H,22,26)/t14-/m1/s1. The molecular weight excluding hydrogens is 330 g/mol. The minimum Gasteiger partial charge on any atom is -0.355 e. The normalized spacial score (nSPS) is 25.1. The zero-order chi connectivity index (χ0) is 17.9. The molecule has 1 N–H and O–H groups in total. The number of piperidine rings is 1. The quantitative estimate of drug-likeness (QED) is 0.880. The van der Waals surface area contributed by atoms with Crippen LogP contribution >= 0.6 is 0 Å². The molecular formula is C19H27N5O2. The molecule has 4 rings (SSSR count). The SMILES string of the molecule is O=C(NC1CCN(c2cnccn2)CC1)[C@@H]1CC(=O)N(C2CCCC2)C1. The molecule has 0 bridgehead atoms. The molecule has 26 heavy (non-hydrogen) atoms. The maximum absolute atomic E-state index is 12.6. The Morgan fingerprint density at radius 2 is 1.88 bits per heavy atom. The highest BCUT2D eigenvalue weighted by Gasteiger charge is 2.39.